The van der Waals surface area contributed by atoms with Gasteiger partial charge in [0.25, 0.3) is 5.56 Å². The van der Waals surface area contributed by atoms with Gasteiger partial charge in [-0.25, -0.2) is 4.98 Å². The molecule has 1 aromatic carbocycles. The number of hydrogen-bond donors (Lipinski definition) is 1. The van der Waals surface area contributed by atoms with Gasteiger partial charge in [0.05, 0.1) is 14.2 Å². The van der Waals surface area contributed by atoms with Crippen molar-refractivity contribution in [2.24, 2.45) is 0 Å². The van der Waals surface area contributed by atoms with Crippen LogP contribution in [-0.2, 0) is 0 Å². The summed E-state index contributed by atoms with van der Waals surface area (Å²) in [5.74, 6) is 1.80. The summed E-state index contributed by atoms with van der Waals surface area (Å²) >= 11 is 0. The number of aryl methyl sites for hydroxylation is 1. The molecular formula is C14H16N2O3. The first kappa shape index (κ1) is 13.1. The van der Waals surface area contributed by atoms with E-state index in [1.807, 2.05) is 6.92 Å². The number of nitrogens with one attached hydrogen (secondary N) is 1. The van der Waals surface area contributed by atoms with E-state index in [-0.39, 0.29) is 5.56 Å². The number of aromatic nitrogens is 2. The van der Waals surface area contributed by atoms with Crippen LogP contribution in [0.2, 0.25) is 0 Å². The topological polar surface area (TPSA) is 64.2 Å². The molecule has 1 N–H and O–H groups in total. The number of hydrogen-bond acceptors (Lipinski definition) is 4. The Labute approximate surface area is 111 Å². The number of ether oxygens (including phenoxy) is 2. The van der Waals surface area contributed by atoms with Gasteiger partial charge in [-0.1, -0.05) is 0 Å². The molecule has 1 aromatic heterocycles. The van der Waals surface area contributed by atoms with Crippen molar-refractivity contribution in [2.45, 2.75) is 13.8 Å². The van der Waals surface area contributed by atoms with Crippen LogP contribution in [0.4, 0.5) is 0 Å². The average molecular weight is 260 g/mol. The van der Waals surface area contributed by atoms with E-state index in [0.717, 1.165) is 5.56 Å². The summed E-state index contributed by atoms with van der Waals surface area (Å²) in [6.45, 7) is 3.56. The average Bonchev–Trinajstić information content (AvgIpc) is 2.43. The lowest BCUT2D eigenvalue weighted by Gasteiger charge is -2.09. The second-order valence-electron chi connectivity index (χ2n) is 4.23. The van der Waals surface area contributed by atoms with Crippen LogP contribution in [-0.4, -0.2) is 24.2 Å². The van der Waals surface area contributed by atoms with E-state index in [4.69, 9.17) is 9.47 Å². The molecule has 0 unspecified atom stereocenters. The molecule has 0 saturated carbocycles. The third-order valence-electron chi connectivity index (χ3n) is 3.02. The van der Waals surface area contributed by atoms with E-state index in [1.54, 1.807) is 39.3 Å². The van der Waals surface area contributed by atoms with Gasteiger partial charge in [0.2, 0.25) is 0 Å². The molecule has 0 aliphatic rings. The maximum absolute atomic E-state index is 11.8. The molecule has 0 saturated heterocycles. The summed E-state index contributed by atoms with van der Waals surface area (Å²) in [5.41, 5.74) is 1.94. The second kappa shape index (κ2) is 5.14. The fourth-order valence-electron chi connectivity index (χ4n) is 1.73. The van der Waals surface area contributed by atoms with Gasteiger partial charge in [-0.15, -0.1) is 0 Å². The molecule has 1 heterocycles. The molecule has 0 aliphatic heterocycles. The Morgan fingerprint density at radius 3 is 2.11 bits per heavy atom. The molecule has 0 spiro atoms. The van der Waals surface area contributed by atoms with Crippen molar-refractivity contribution in [1.82, 2.24) is 9.97 Å². The van der Waals surface area contributed by atoms with Crippen LogP contribution in [0, 0.1) is 13.8 Å². The standard InChI is InChI=1S/C14H16N2O3/c1-8-9(2)15-13(16-14(8)17)10-5-11(18-3)7-12(6-10)19-4/h5-7H,1-4H3,(H,15,16,17). The molecular weight excluding hydrogens is 244 g/mol. The fraction of sp³-hybridized carbons (Fsp3) is 0.286. The molecule has 0 fully saturated rings. The van der Waals surface area contributed by atoms with Gasteiger partial charge in [-0.2, -0.15) is 0 Å². The Balaban J connectivity index is 2.61. The van der Waals surface area contributed by atoms with Gasteiger partial charge in [0.15, 0.2) is 0 Å². The smallest absolute Gasteiger partial charge is 0.254 e. The summed E-state index contributed by atoms with van der Waals surface area (Å²) in [5, 5.41) is 0. The Bertz CT molecular complexity index is 640. The highest BCUT2D eigenvalue weighted by Crippen LogP contribution is 2.27. The second-order valence-corrected chi connectivity index (χ2v) is 4.23. The zero-order valence-electron chi connectivity index (χ0n) is 11.4. The molecule has 2 aromatic rings. The molecule has 0 radical (unpaired) electrons. The number of H-pyrrole nitrogens is 1. The quantitative estimate of drug-likeness (QED) is 0.917. The van der Waals surface area contributed by atoms with Gasteiger partial charge in [0.1, 0.15) is 17.3 Å². The van der Waals surface area contributed by atoms with Crippen molar-refractivity contribution in [3.63, 3.8) is 0 Å². The van der Waals surface area contributed by atoms with Crippen LogP contribution < -0.4 is 15.0 Å². The number of nitrogens with zero attached hydrogens (tertiary/aromatic N) is 1. The molecule has 0 amide bonds. The highest BCUT2D eigenvalue weighted by molar-refractivity contribution is 5.61. The van der Waals surface area contributed by atoms with E-state index >= 15 is 0 Å². The van der Waals surface area contributed by atoms with Crippen LogP contribution in [0.15, 0.2) is 23.0 Å². The molecule has 19 heavy (non-hydrogen) atoms. The van der Waals surface area contributed by atoms with Gasteiger partial charge in [-0.05, 0) is 26.0 Å². The summed E-state index contributed by atoms with van der Waals surface area (Å²) in [7, 11) is 3.16. The number of aromatic amines is 1. The molecule has 5 nitrogen and oxygen atoms in total. The third-order valence-corrected chi connectivity index (χ3v) is 3.02. The summed E-state index contributed by atoms with van der Waals surface area (Å²) in [6, 6.07) is 5.37. The van der Waals surface area contributed by atoms with Crippen molar-refractivity contribution in [1.29, 1.82) is 0 Å². The van der Waals surface area contributed by atoms with E-state index in [1.165, 1.54) is 0 Å². The molecule has 0 atom stereocenters. The third kappa shape index (κ3) is 2.59. The van der Waals surface area contributed by atoms with E-state index in [0.29, 0.717) is 28.6 Å². The Hall–Kier alpha value is -2.30. The Morgan fingerprint density at radius 1 is 1.05 bits per heavy atom. The maximum atomic E-state index is 11.8. The van der Waals surface area contributed by atoms with Gasteiger partial charge in [-0.3, -0.25) is 4.79 Å². The lowest BCUT2D eigenvalue weighted by Crippen LogP contribution is -2.14. The minimum Gasteiger partial charge on any atom is -0.497 e. The maximum Gasteiger partial charge on any atom is 0.254 e. The van der Waals surface area contributed by atoms with Crippen LogP contribution in [0.5, 0.6) is 11.5 Å². The Morgan fingerprint density at radius 2 is 1.63 bits per heavy atom. The van der Waals surface area contributed by atoms with E-state index in [2.05, 4.69) is 9.97 Å². The number of benzene rings is 1. The van der Waals surface area contributed by atoms with E-state index < -0.39 is 0 Å². The van der Waals surface area contributed by atoms with Gasteiger partial charge in [0, 0.05) is 22.9 Å². The summed E-state index contributed by atoms with van der Waals surface area (Å²) in [4.78, 5) is 18.9. The zero-order chi connectivity index (χ0) is 14.0. The van der Waals surface area contributed by atoms with Crippen LogP contribution in [0.25, 0.3) is 11.4 Å². The van der Waals surface area contributed by atoms with Crippen LogP contribution in [0.3, 0.4) is 0 Å². The predicted molar refractivity (Wildman–Crippen MR) is 72.9 cm³/mol. The predicted octanol–water partition coefficient (Wildman–Crippen LogP) is 2.07. The van der Waals surface area contributed by atoms with Crippen LogP contribution in [0.1, 0.15) is 11.3 Å². The first-order valence-corrected chi connectivity index (χ1v) is 5.86. The van der Waals surface area contributed by atoms with Crippen molar-refractivity contribution >= 4 is 0 Å². The van der Waals surface area contributed by atoms with Gasteiger partial charge >= 0.3 is 0 Å². The molecule has 5 heteroatoms. The highest BCUT2D eigenvalue weighted by Gasteiger charge is 2.09. The minimum absolute atomic E-state index is 0.135. The zero-order valence-corrected chi connectivity index (χ0v) is 11.4. The molecule has 0 aliphatic carbocycles. The lowest BCUT2D eigenvalue weighted by molar-refractivity contribution is 0.394. The Kier molecular flexibility index (Phi) is 3.55. The SMILES string of the molecule is COc1cc(OC)cc(-c2nc(C)c(C)c(=O)[nH]2)c1. The first-order valence-electron chi connectivity index (χ1n) is 5.86. The summed E-state index contributed by atoms with van der Waals surface area (Å²) < 4.78 is 10.4. The van der Waals surface area contributed by atoms with Crippen molar-refractivity contribution < 1.29 is 9.47 Å². The summed E-state index contributed by atoms with van der Waals surface area (Å²) in [6.07, 6.45) is 0. The van der Waals surface area contributed by atoms with Crippen molar-refractivity contribution in [3.05, 3.63) is 39.8 Å². The monoisotopic (exact) mass is 260 g/mol. The van der Waals surface area contributed by atoms with Crippen molar-refractivity contribution in [2.75, 3.05) is 14.2 Å². The van der Waals surface area contributed by atoms with Gasteiger partial charge < -0.3 is 14.5 Å². The largest absolute Gasteiger partial charge is 0.497 e. The first-order chi connectivity index (χ1) is 9.05. The number of rotatable bonds is 3. The number of methoxy groups -OCH3 is 2. The van der Waals surface area contributed by atoms with Crippen LogP contribution >= 0.6 is 0 Å². The fourth-order valence-corrected chi connectivity index (χ4v) is 1.73. The molecule has 100 valence electrons. The molecule has 0 bridgehead atoms. The van der Waals surface area contributed by atoms with E-state index in [9.17, 15) is 4.79 Å². The molecule has 2 rings (SSSR count). The normalized spacial score (nSPS) is 10.3. The minimum atomic E-state index is -0.135. The lowest BCUT2D eigenvalue weighted by atomic mass is 10.1. The highest BCUT2D eigenvalue weighted by atomic mass is 16.5. The van der Waals surface area contributed by atoms with Crippen molar-refractivity contribution in [3.8, 4) is 22.9 Å².